The van der Waals surface area contributed by atoms with E-state index in [0.29, 0.717) is 30.9 Å². The van der Waals surface area contributed by atoms with Crippen LogP contribution in [0.5, 0.6) is 5.88 Å². The molecule has 26 heavy (non-hydrogen) atoms. The van der Waals surface area contributed by atoms with Gasteiger partial charge in [-0.25, -0.2) is 4.98 Å². The summed E-state index contributed by atoms with van der Waals surface area (Å²) in [4.78, 5) is 22.0. The molecule has 1 aromatic heterocycles. The van der Waals surface area contributed by atoms with Crippen LogP contribution in [0.3, 0.4) is 0 Å². The third-order valence-corrected chi connectivity index (χ3v) is 5.53. The molecular formula is C21H33N3O2. The van der Waals surface area contributed by atoms with Crippen molar-refractivity contribution in [2.75, 3.05) is 31.1 Å². The lowest BCUT2D eigenvalue weighted by molar-refractivity contribution is -0.126. The molecule has 2 unspecified atom stereocenters. The summed E-state index contributed by atoms with van der Waals surface area (Å²) in [5, 5.41) is 0. The normalized spacial score (nSPS) is 24.3. The number of fused-ring (bicyclic) bond motifs is 1. The summed E-state index contributed by atoms with van der Waals surface area (Å²) < 4.78 is 5.83. The molecule has 1 aromatic rings. The van der Waals surface area contributed by atoms with Crippen LogP contribution in [-0.2, 0) is 4.79 Å². The number of carbonyl (C=O) groups is 1. The Bertz CT molecular complexity index is 687. The molecule has 1 amide bonds. The maximum absolute atomic E-state index is 12.8. The number of amides is 1. The minimum atomic E-state index is -0.416. The number of aromatic nitrogens is 1. The Kier molecular flexibility index (Phi) is 4.80. The van der Waals surface area contributed by atoms with Gasteiger partial charge in [-0.15, -0.1) is 0 Å². The van der Waals surface area contributed by atoms with Crippen LogP contribution in [-0.4, -0.2) is 47.6 Å². The van der Waals surface area contributed by atoms with Crippen LogP contribution in [0.2, 0.25) is 0 Å². The standard InChI is InChI=1S/C21H33N3O2/c1-14-12-23(21(5,6)7)13-15(14)16-8-9-17-18(22-16)26-11-10-24(17)19(25)20(2,3)4/h8-9,14-15H,10-13H2,1-7H3. The highest BCUT2D eigenvalue weighted by atomic mass is 16.5. The van der Waals surface area contributed by atoms with Gasteiger partial charge in [-0.05, 0) is 38.8 Å². The van der Waals surface area contributed by atoms with Crippen LogP contribution in [0, 0.1) is 11.3 Å². The average molecular weight is 360 g/mol. The Morgan fingerprint density at radius 2 is 1.85 bits per heavy atom. The first kappa shape index (κ1) is 19.2. The maximum Gasteiger partial charge on any atom is 0.238 e. The highest BCUT2D eigenvalue weighted by Gasteiger charge is 2.38. The zero-order chi connectivity index (χ0) is 19.3. The lowest BCUT2D eigenvalue weighted by Crippen LogP contribution is -2.44. The van der Waals surface area contributed by atoms with Crippen molar-refractivity contribution in [2.24, 2.45) is 11.3 Å². The second kappa shape index (κ2) is 6.52. The van der Waals surface area contributed by atoms with Crippen molar-refractivity contribution in [1.82, 2.24) is 9.88 Å². The molecule has 2 aliphatic heterocycles. The van der Waals surface area contributed by atoms with E-state index in [2.05, 4.69) is 38.7 Å². The minimum absolute atomic E-state index is 0.116. The van der Waals surface area contributed by atoms with E-state index in [1.807, 2.05) is 31.7 Å². The molecule has 0 aliphatic carbocycles. The molecule has 0 saturated carbocycles. The van der Waals surface area contributed by atoms with Crippen molar-refractivity contribution in [2.45, 2.75) is 59.9 Å². The number of ether oxygens (including phenoxy) is 1. The fourth-order valence-corrected chi connectivity index (χ4v) is 3.83. The van der Waals surface area contributed by atoms with Gasteiger partial charge in [0.1, 0.15) is 12.3 Å². The van der Waals surface area contributed by atoms with E-state index in [1.54, 1.807) is 0 Å². The number of anilines is 1. The van der Waals surface area contributed by atoms with Gasteiger partial charge in [0.2, 0.25) is 11.8 Å². The van der Waals surface area contributed by atoms with Gasteiger partial charge in [-0.1, -0.05) is 27.7 Å². The van der Waals surface area contributed by atoms with Crippen molar-refractivity contribution >= 4 is 11.6 Å². The number of hydrogen-bond donors (Lipinski definition) is 0. The van der Waals surface area contributed by atoms with Crippen molar-refractivity contribution in [3.05, 3.63) is 17.8 Å². The van der Waals surface area contributed by atoms with Crippen LogP contribution >= 0.6 is 0 Å². The maximum atomic E-state index is 12.8. The third-order valence-electron chi connectivity index (χ3n) is 5.53. The van der Waals surface area contributed by atoms with Gasteiger partial charge < -0.3 is 9.64 Å². The van der Waals surface area contributed by atoms with Crippen LogP contribution < -0.4 is 9.64 Å². The molecule has 3 heterocycles. The fraction of sp³-hybridized carbons (Fsp3) is 0.714. The summed E-state index contributed by atoms with van der Waals surface area (Å²) in [5.41, 5.74) is 1.63. The lowest BCUT2D eigenvalue weighted by atomic mass is 9.93. The number of rotatable bonds is 1. The van der Waals surface area contributed by atoms with Crippen molar-refractivity contribution in [1.29, 1.82) is 0 Å². The Hall–Kier alpha value is -1.62. The van der Waals surface area contributed by atoms with Crippen LogP contribution in [0.1, 0.15) is 60.1 Å². The van der Waals surface area contributed by atoms with Crippen LogP contribution in [0.15, 0.2) is 12.1 Å². The molecular weight excluding hydrogens is 326 g/mol. The zero-order valence-corrected chi connectivity index (χ0v) is 17.3. The van der Waals surface area contributed by atoms with E-state index in [1.165, 1.54) is 0 Å². The summed E-state index contributed by atoms with van der Waals surface area (Å²) in [7, 11) is 0. The summed E-state index contributed by atoms with van der Waals surface area (Å²) in [6.45, 7) is 18.1. The number of pyridine rings is 1. The van der Waals surface area contributed by atoms with E-state index in [0.717, 1.165) is 24.5 Å². The molecule has 5 heteroatoms. The largest absolute Gasteiger partial charge is 0.474 e. The topological polar surface area (TPSA) is 45.7 Å². The van der Waals surface area contributed by atoms with Crippen molar-refractivity contribution in [3.8, 4) is 5.88 Å². The first-order valence-electron chi connectivity index (χ1n) is 9.69. The molecule has 0 aromatic carbocycles. The van der Waals surface area contributed by atoms with E-state index >= 15 is 0 Å². The van der Waals surface area contributed by atoms with Crippen molar-refractivity contribution in [3.63, 3.8) is 0 Å². The van der Waals surface area contributed by atoms with E-state index < -0.39 is 5.41 Å². The highest BCUT2D eigenvalue weighted by Crippen LogP contribution is 2.39. The predicted octanol–water partition coefficient (Wildman–Crippen LogP) is 3.69. The third kappa shape index (κ3) is 3.59. The molecule has 0 spiro atoms. The molecule has 3 rings (SSSR count). The van der Waals surface area contributed by atoms with Gasteiger partial charge in [-0.3, -0.25) is 9.69 Å². The summed E-state index contributed by atoms with van der Waals surface area (Å²) in [5.74, 6) is 1.67. The number of hydrogen-bond acceptors (Lipinski definition) is 4. The molecule has 2 atom stereocenters. The molecule has 0 radical (unpaired) electrons. The minimum Gasteiger partial charge on any atom is -0.474 e. The second-order valence-electron chi connectivity index (χ2n) is 9.78. The first-order chi connectivity index (χ1) is 12.0. The van der Waals surface area contributed by atoms with E-state index in [4.69, 9.17) is 9.72 Å². The van der Waals surface area contributed by atoms with Gasteiger partial charge >= 0.3 is 0 Å². The Labute approximate surface area is 157 Å². The van der Waals surface area contributed by atoms with Gasteiger partial charge in [0, 0.05) is 35.7 Å². The first-order valence-corrected chi connectivity index (χ1v) is 9.69. The molecule has 0 N–H and O–H groups in total. The quantitative estimate of drug-likeness (QED) is 0.767. The van der Waals surface area contributed by atoms with Crippen LogP contribution in [0.25, 0.3) is 0 Å². The fourth-order valence-electron chi connectivity index (χ4n) is 3.83. The molecule has 5 nitrogen and oxygen atoms in total. The van der Waals surface area contributed by atoms with Gasteiger partial charge in [0.15, 0.2) is 0 Å². The Morgan fingerprint density at radius 1 is 1.15 bits per heavy atom. The summed E-state index contributed by atoms with van der Waals surface area (Å²) >= 11 is 0. The Morgan fingerprint density at radius 3 is 2.42 bits per heavy atom. The Balaban J connectivity index is 1.87. The van der Waals surface area contributed by atoms with Gasteiger partial charge in [-0.2, -0.15) is 0 Å². The van der Waals surface area contributed by atoms with Crippen LogP contribution in [0.4, 0.5) is 5.69 Å². The van der Waals surface area contributed by atoms with Gasteiger partial charge in [0.05, 0.1) is 6.54 Å². The lowest BCUT2D eigenvalue weighted by Gasteiger charge is -2.34. The second-order valence-corrected chi connectivity index (χ2v) is 9.78. The summed E-state index contributed by atoms with van der Waals surface area (Å²) in [6, 6.07) is 4.11. The average Bonchev–Trinajstić information content (AvgIpc) is 2.94. The molecule has 1 saturated heterocycles. The molecule has 1 fully saturated rings. The number of likely N-dealkylation sites (tertiary alicyclic amines) is 1. The number of nitrogens with zero attached hydrogens (tertiary/aromatic N) is 3. The van der Waals surface area contributed by atoms with E-state index in [9.17, 15) is 4.79 Å². The monoisotopic (exact) mass is 359 g/mol. The SMILES string of the molecule is CC1CN(C(C)(C)C)CC1c1ccc2c(n1)OCCN2C(=O)C(C)(C)C. The smallest absolute Gasteiger partial charge is 0.238 e. The van der Waals surface area contributed by atoms with Crippen molar-refractivity contribution < 1.29 is 9.53 Å². The number of carbonyl (C=O) groups excluding carboxylic acids is 1. The predicted molar refractivity (Wildman–Crippen MR) is 105 cm³/mol. The van der Waals surface area contributed by atoms with Gasteiger partial charge in [0.25, 0.3) is 0 Å². The summed E-state index contributed by atoms with van der Waals surface area (Å²) in [6.07, 6.45) is 0. The molecule has 144 valence electrons. The molecule has 0 bridgehead atoms. The van der Waals surface area contributed by atoms with E-state index in [-0.39, 0.29) is 11.4 Å². The highest BCUT2D eigenvalue weighted by molar-refractivity contribution is 5.98. The molecule has 2 aliphatic rings. The zero-order valence-electron chi connectivity index (χ0n) is 17.3.